The van der Waals surface area contributed by atoms with Gasteiger partial charge >= 0.3 is 5.97 Å². The molecule has 0 aliphatic carbocycles. The number of azide groups is 1. The molecule has 0 saturated heterocycles. The number of hydrogen-bond acceptors (Lipinski definition) is 3. The van der Waals surface area contributed by atoms with Crippen LogP contribution in [0.3, 0.4) is 0 Å². The third-order valence-corrected chi connectivity index (χ3v) is 5.48. The van der Waals surface area contributed by atoms with Gasteiger partial charge in [0.05, 0.1) is 12.0 Å². The van der Waals surface area contributed by atoms with Gasteiger partial charge in [-0.3, -0.25) is 4.79 Å². The number of aliphatic carboxylic acids is 1. The molecule has 1 N–H and O–H groups in total. The second kappa shape index (κ2) is 9.20. The van der Waals surface area contributed by atoms with E-state index in [0.29, 0.717) is 5.69 Å². The van der Waals surface area contributed by atoms with Crippen LogP contribution >= 0.6 is 0 Å². The molecule has 0 bridgehead atoms. The number of hydrogen-bond donors (Lipinski definition) is 1. The van der Waals surface area contributed by atoms with Crippen molar-refractivity contribution in [2.24, 2.45) is 5.11 Å². The maximum absolute atomic E-state index is 11.5. The highest BCUT2D eigenvalue weighted by molar-refractivity contribution is 5.74. The summed E-state index contributed by atoms with van der Waals surface area (Å²) in [5, 5.41) is 12.8. The topological polar surface area (TPSA) is 104 Å². The van der Waals surface area contributed by atoms with Crippen molar-refractivity contribution in [2.45, 2.75) is 18.0 Å². The molecule has 1 aromatic heterocycles. The van der Waals surface area contributed by atoms with Gasteiger partial charge in [0.25, 0.3) is 0 Å². The predicted molar refractivity (Wildman–Crippen MR) is 121 cm³/mol. The van der Waals surface area contributed by atoms with Crippen LogP contribution < -0.4 is 0 Å². The lowest BCUT2D eigenvalue weighted by atomic mass is 9.77. The first-order valence-corrected chi connectivity index (χ1v) is 10.1. The monoisotopic (exact) mass is 423 g/mol. The van der Waals surface area contributed by atoms with Crippen molar-refractivity contribution in [1.82, 2.24) is 9.55 Å². The second-order valence-corrected chi connectivity index (χ2v) is 7.34. The van der Waals surface area contributed by atoms with Gasteiger partial charge in [-0.1, -0.05) is 96.1 Å². The molecule has 3 aromatic carbocycles. The Morgan fingerprint density at radius 3 is 1.81 bits per heavy atom. The van der Waals surface area contributed by atoms with Gasteiger partial charge in [-0.05, 0) is 22.2 Å². The molecule has 7 heteroatoms. The minimum atomic E-state index is -1.22. The van der Waals surface area contributed by atoms with Crippen LogP contribution in [0.1, 0.15) is 22.4 Å². The SMILES string of the molecule is [N-]=[N+]=N[C@H](Cc1cn(C(c2ccccc2)(c2ccccc2)c2ccccc2)cn1)C(=O)O. The van der Waals surface area contributed by atoms with E-state index in [1.54, 1.807) is 6.33 Å². The van der Waals surface area contributed by atoms with E-state index in [-0.39, 0.29) is 6.42 Å². The van der Waals surface area contributed by atoms with Crippen LogP contribution in [-0.4, -0.2) is 26.7 Å². The lowest BCUT2D eigenvalue weighted by Crippen LogP contribution is -2.37. The normalized spacial score (nSPS) is 12.0. The Kier molecular flexibility index (Phi) is 6.01. The Hall–Kier alpha value is -4.35. The van der Waals surface area contributed by atoms with Gasteiger partial charge in [-0.2, -0.15) is 0 Å². The molecule has 4 rings (SSSR count). The van der Waals surface area contributed by atoms with Gasteiger partial charge in [0.1, 0.15) is 11.6 Å². The molecule has 4 aromatic rings. The van der Waals surface area contributed by atoms with Gasteiger partial charge in [0, 0.05) is 17.5 Å². The minimum Gasteiger partial charge on any atom is -0.481 e. The van der Waals surface area contributed by atoms with E-state index >= 15 is 0 Å². The predicted octanol–water partition coefficient (Wildman–Crippen LogP) is 5.03. The number of imidazole rings is 1. The maximum atomic E-state index is 11.5. The summed E-state index contributed by atoms with van der Waals surface area (Å²) in [6.07, 6.45) is 3.54. The third-order valence-electron chi connectivity index (χ3n) is 5.48. The summed E-state index contributed by atoms with van der Waals surface area (Å²) in [4.78, 5) is 18.6. The van der Waals surface area contributed by atoms with Gasteiger partial charge in [-0.25, -0.2) is 4.98 Å². The fourth-order valence-corrected chi connectivity index (χ4v) is 4.08. The van der Waals surface area contributed by atoms with Crippen LogP contribution in [0.4, 0.5) is 0 Å². The fourth-order valence-electron chi connectivity index (χ4n) is 4.08. The summed E-state index contributed by atoms with van der Waals surface area (Å²) in [6.45, 7) is 0. The van der Waals surface area contributed by atoms with Crippen molar-refractivity contribution in [3.05, 3.63) is 136 Å². The van der Waals surface area contributed by atoms with E-state index in [9.17, 15) is 9.90 Å². The highest BCUT2D eigenvalue weighted by Gasteiger charge is 2.38. The molecular formula is C25H21N5O2. The van der Waals surface area contributed by atoms with Crippen molar-refractivity contribution in [2.75, 3.05) is 0 Å². The van der Waals surface area contributed by atoms with E-state index in [4.69, 9.17) is 5.53 Å². The molecule has 1 atom stereocenters. The van der Waals surface area contributed by atoms with Gasteiger partial charge in [0.2, 0.25) is 0 Å². The first kappa shape index (κ1) is 20.9. The number of aromatic nitrogens is 2. The third kappa shape index (κ3) is 3.85. The van der Waals surface area contributed by atoms with Crippen LogP contribution in [0.15, 0.2) is 109 Å². The molecule has 0 radical (unpaired) electrons. The number of rotatable bonds is 8. The number of benzene rings is 3. The highest BCUT2D eigenvalue weighted by Crippen LogP contribution is 2.40. The Labute approximate surface area is 185 Å². The maximum Gasteiger partial charge on any atom is 0.312 e. The molecule has 0 aliphatic rings. The molecule has 7 nitrogen and oxygen atoms in total. The first-order valence-electron chi connectivity index (χ1n) is 10.1. The van der Waals surface area contributed by atoms with Crippen LogP contribution in [-0.2, 0) is 16.8 Å². The van der Waals surface area contributed by atoms with E-state index in [1.807, 2.05) is 65.4 Å². The standard InChI is InChI=1S/C25H21N5O2/c26-29-28-23(24(31)32)16-22-17-30(18-27-22)25(19-10-4-1-5-11-19,20-12-6-2-7-13-20)21-14-8-3-9-15-21/h1-15,17-18,23H,16H2,(H,31,32)/t23-/m1/s1. The summed E-state index contributed by atoms with van der Waals surface area (Å²) in [7, 11) is 0. The number of carbonyl (C=O) groups is 1. The van der Waals surface area contributed by atoms with Gasteiger partial charge in [0.15, 0.2) is 0 Å². The summed E-state index contributed by atoms with van der Waals surface area (Å²) in [6, 6.07) is 29.1. The molecule has 0 amide bonds. The van der Waals surface area contributed by atoms with E-state index in [0.717, 1.165) is 16.7 Å². The molecule has 0 fully saturated rings. The first-order chi connectivity index (χ1) is 15.7. The van der Waals surface area contributed by atoms with Crippen LogP contribution in [0.2, 0.25) is 0 Å². The second-order valence-electron chi connectivity index (χ2n) is 7.34. The summed E-state index contributed by atoms with van der Waals surface area (Å²) >= 11 is 0. The number of nitrogens with zero attached hydrogens (tertiary/aromatic N) is 5. The minimum absolute atomic E-state index is 0.000836. The Bertz CT molecular complexity index is 1130. The molecule has 0 aliphatic heterocycles. The number of carboxylic acids is 1. The van der Waals surface area contributed by atoms with Gasteiger partial charge < -0.3 is 9.67 Å². The molecule has 0 unspecified atom stereocenters. The van der Waals surface area contributed by atoms with Crippen molar-refractivity contribution >= 4 is 5.97 Å². The summed E-state index contributed by atoms with van der Waals surface area (Å²) in [5.41, 5.74) is 11.6. The summed E-state index contributed by atoms with van der Waals surface area (Å²) in [5.74, 6) is -1.18. The lowest BCUT2D eigenvalue weighted by Gasteiger charge is -2.37. The summed E-state index contributed by atoms with van der Waals surface area (Å²) < 4.78 is 2.00. The highest BCUT2D eigenvalue weighted by atomic mass is 16.4. The van der Waals surface area contributed by atoms with Crippen LogP contribution in [0.5, 0.6) is 0 Å². The average molecular weight is 423 g/mol. The molecule has 32 heavy (non-hydrogen) atoms. The number of carboxylic acid groups (broad SMARTS) is 1. The fraction of sp³-hybridized carbons (Fsp3) is 0.120. The Balaban J connectivity index is 1.94. The Morgan fingerprint density at radius 2 is 1.41 bits per heavy atom. The lowest BCUT2D eigenvalue weighted by molar-refractivity contribution is -0.138. The quantitative estimate of drug-likeness (QED) is 0.186. The van der Waals surface area contributed by atoms with Crippen molar-refractivity contribution in [1.29, 1.82) is 0 Å². The van der Waals surface area contributed by atoms with Crippen LogP contribution in [0.25, 0.3) is 10.4 Å². The zero-order valence-corrected chi connectivity index (χ0v) is 17.2. The smallest absolute Gasteiger partial charge is 0.312 e. The van der Waals surface area contributed by atoms with E-state index in [2.05, 4.69) is 51.4 Å². The average Bonchev–Trinajstić information content (AvgIpc) is 3.30. The molecule has 0 saturated carbocycles. The van der Waals surface area contributed by atoms with Crippen molar-refractivity contribution in [3.63, 3.8) is 0 Å². The molecular weight excluding hydrogens is 402 g/mol. The van der Waals surface area contributed by atoms with E-state index in [1.165, 1.54) is 0 Å². The van der Waals surface area contributed by atoms with E-state index < -0.39 is 17.6 Å². The van der Waals surface area contributed by atoms with Crippen LogP contribution in [0, 0.1) is 0 Å². The van der Waals surface area contributed by atoms with Crippen molar-refractivity contribution < 1.29 is 9.90 Å². The molecule has 158 valence electrons. The zero-order valence-electron chi connectivity index (χ0n) is 17.2. The zero-order chi connectivity index (χ0) is 22.4. The van der Waals surface area contributed by atoms with Crippen molar-refractivity contribution in [3.8, 4) is 0 Å². The van der Waals surface area contributed by atoms with Gasteiger partial charge in [-0.15, -0.1) is 0 Å². The molecule has 0 spiro atoms. The molecule has 1 heterocycles. The largest absolute Gasteiger partial charge is 0.481 e. The Morgan fingerprint density at radius 1 is 0.938 bits per heavy atom.